The first-order valence-electron chi connectivity index (χ1n) is 9.45. The normalized spacial score (nSPS) is 16.2. The highest BCUT2D eigenvalue weighted by molar-refractivity contribution is 14.0. The fourth-order valence-corrected chi connectivity index (χ4v) is 3.58. The molecule has 1 aromatic carbocycles. The van der Waals surface area contributed by atoms with Crippen molar-refractivity contribution in [3.63, 3.8) is 0 Å². The lowest BCUT2D eigenvalue weighted by Crippen LogP contribution is -2.44. The number of nitrogens with one attached hydrogen (secondary N) is 2. The Hall–Kier alpha value is -0.890. The maximum absolute atomic E-state index is 13.7. The Morgan fingerprint density at radius 3 is 2.62 bits per heavy atom. The fraction of sp³-hybridized carbons (Fsp3) is 0.650. The molecule has 0 aliphatic heterocycles. The third kappa shape index (κ3) is 7.39. The van der Waals surface area contributed by atoms with Gasteiger partial charge in [-0.15, -0.1) is 24.0 Å². The number of halogens is 2. The summed E-state index contributed by atoms with van der Waals surface area (Å²) in [6.07, 6.45) is 6.84. The Bertz CT molecular complexity index is 548. The molecule has 1 fully saturated rings. The third-order valence-electron chi connectivity index (χ3n) is 5.14. The Kier molecular flexibility index (Phi) is 11.1. The molecule has 2 N–H and O–H groups in total. The molecule has 26 heavy (non-hydrogen) atoms. The van der Waals surface area contributed by atoms with E-state index in [2.05, 4.69) is 15.6 Å². The first-order valence-corrected chi connectivity index (χ1v) is 9.45. The summed E-state index contributed by atoms with van der Waals surface area (Å²) in [7, 11) is 1.78. The summed E-state index contributed by atoms with van der Waals surface area (Å²) < 4.78 is 19.2. The molecule has 1 aliphatic carbocycles. The highest BCUT2D eigenvalue weighted by Crippen LogP contribution is 2.40. The monoisotopic (exact) mass is 477 g/mol. The van der Waals surface area contributed by atoms with Crippen molar-refractivity contribution in [2.24, 2.45) is 10.4 Å². The van der Waals surface area contributed by atoms with Gasteiger partial charge in [-0.1, -0.05) is 31.0 Å². The smallest absolute Gasteiger partial charge is 0.191 e. The van der Waals surface area contributed by atoms with Crippen LogP contribution in [0.25, 0.3) is 0 Å². The van der Waals surface area contributed by atoms with Crippen molar-refractivity contribution in [1.29, 1.82) is 0 Å². The number of nitrogens with zero attached hydrogens (tertiary/aromatic N) is 1. The number of guanidine groups is 1. The van der Waals surface area contributed by atoms with Crippen molar-refractivity contribution in [2.45, 2.75) is 45.4 Å². The van der Waals surface area contributed by atoms with Crippen LogP contribution in [0, 0.1) is 11.2 Å². The summed E-state index contributed by atoms with van der Waals surface area (Å²) in [5, 5.41) is 6.76. The van der Waals surface area contributed by atoms with Crippen LogP contribution >= 0.6 is 24.0 Å². The summed E-state index contributed by atoms with van der Waals surface area (Å²) in [6.45, 7) is 5.23. The molecule has 1 aromatic rings. The van der Waals surface area contributed by atoms with E-state index in [0.29, 0.717) is 18.4 Å². The van der Waals surface area contributed by atoms with Crippen molar-refractivity contribution in [1.82, 2.24) is 10.6 Å². The van der Waals surface area contributed by atoms with E-state index in [1.807, 2.05) is 19.1 Å². The van der Waals surface area contributed by atoms with E-state index in [-0.39, 0.29) is 29.8 Å². The molecule has 0 radical (unpaired) electrons. The molecule has 0 spiro atoms. The van der Waals surface area contributed by atoms with Gasteiger partial charge in [-0.3, -0.25) is 4.99 Å². The molecule has 2 rings (SSSR count). The molecule has 0 heterocycles. The quantitative estimate of drug-likeness (QED) is 0.243. The topological polar surface area (TPSA) is 45.6 Å². The first-order chi connectivity index (χ1) is 12.2. The first kappa shape index (κ1) is 23.1. The summed E-state index contributed by atoms with van der Waals surface area (Å²) in [5.41, 5.74) is 1.05. The summed E-state index contributed by atoms with van der Waals surface area (Å²) in [5.74, 6) is 0.645. The molecule has 0 aromatic heterocycles. The van der Waals surface area contributed by atoms with Crippen molar-refractivity contribution in [3.05, 3.63) is 35.6 Å². The molecule has 0 amide bonds. The van der Waals surface area contributed by atoms with E-state index in [0.717, 1.165) is 37.7 Å². The summed E-state index contributed by atoms with van der Waals surface area (Å²) >= 11 is 0. The molecule has 6 heteroatoms. The second-order valence-electron chi connectivity index (χ2n) is 6.85. The number of benzene rings is 1. The van der Waals surface area contributed by atoms with E-state index in [4.69, 9.17) is 4.74 Å². The summed E-state index contributed by atoms with van der Waals surface area (Å²) in [4.78, 5) is 4.30. The fourth-order valence-electron chi connectivity index (χ4n) is 3.58. The average molecular weight is 477 g/mol. The van der Waals surface area contributed by atoms with Gasteiger partial charge in [-0.25, -0.2) is 4.39 Å². The lowest BCUT2D eigenvalue weighted by molar-refractivity contribution is 0.105. The maximum atomic E-state index is 13.7. The number of hydrogen-bond acceptors (Lipinski definition) is 2. The van der Waals surface area contributed by atoms with Gasteiger partial charge in [0.15, 0.2) is 5.96 Å². The van der Waals surface area contributed by atoms with Crippen LogP contribution in [0.1, 0.15) is 44.6 Å². The van der Waals surface area contributed by atoms with E-state index in [1.54, 1.807) is 13.1 Å². The summed E-state index contributed by atoms with van der Waals surface area (Å²) in [6, 6.07) is 6.92. The van der Waals surface area contributed by atoms with Gasteiger partial charge in [0.05, 0.1) is 0 Å². The third-order valence-corrected chi connectivity index (χ3v) is 5.14. The zero-order valence-electron chi connectivity index (χ0n) is 16.0. The second kappa shape index (κ2) is 12.5. The predicted octanol–water partition coefficient (Wildman–Crippen LogP) is 4.14. The van der Waals surface area contributed by atoms with Crippen LogP contribution in [0.5, 0.6) is 0 Å². The van der Waals surface area contributed by atoms with Gasteiger partial charge in [0.25, 0.3) is 0 Å². The van der Waals surface area contributed by atoms with Gasteiger partial charge < -0.3 is 15.4 Å². The van der Waals surface area contributed by atoms with Crippen LogP contribution in [0.4, 0.5) is 4.39 Å². The number of rotatable bonds is 9. The predicted molar refractivity (Wildman–Crippen MR) is 117 cm³/mol. The number of hydrogen-bond donors (Lipinski definition) is 2. The average Bonchev–Trinajstić information content (AvgIpc) is 3.09. The second-order valence-corrected chi connectivity index (χ2v) is 6.85. The highest BCUT2D eigenvalue weighted by Gasteiger charge is 2.33. The van der Waals surface area contributed by atoms with Crippen LogP contribution in [-0.2, 0) is 11.2 Å². The van der Waals surface area contributed by atoms with Crippen LogP contribution < -0.4 is 10.6 Å². The van der Waals surface area contributed by atoms with Gasteiger partial charge in [-0.05, 0) is 49.7 Å². The van der Waals surface area contributed by atoms with Crippen molar-refractivity contribution >= 4 is 29.9 Å². The van der Waals surface area contributed by atoms with Crippen molar-refractivity contribution in [2.75, 3.05) is 33.4 Å². The van der Waals surface area contributed by atoms with E-state index in [9.17, 15) is 4.39 Å². The minimum Gasteiger partial charge on any atom is -0.382 e. The Labute approximate surface area is 174 Å². The standard InChI is InChI=1S/C20H32FN3O.HI/c1-3-25-15-13-20(11-6-7-12-20)16-24-19(22-2)23-14-10-17-8-4-5-9-18(17)21;/h4-5,8-9H,3,6-7,10-16H2,1-2H3,(H2,22,23,24);1H. The van der Waals surface area contributed by atoms with Crippen LogP contribution in [0.15, 0.2) is 29.3 Å². The molecule has 1 saturated carbocycles. The molecule has 148 valence electrons. The maximum Gasteiger partial charge on any atom is 0.191 e. The molecule has 0 unspecified atom stereocenters. The van der Waals surface area contributed by atoms with E-state index >= 15 is 0 Å². The van der Waals surface area contributed by atoms with Crippen molar-refractivity contribution < 1.29 is 9.13 Å². The largest absolute Gasteiger partial charge is 0.382 e. The van der Waals surface area contributed by atoms with Gasteiger partial charge in [0.1, 0.15) is 5.82 Å². The SMILES string of the molecule is CCOCCC1(CNC(=NC)NCCc2ccccc2F)CCCC1.I. The number of aliphatic imine (C=N–C) groups is 1. The minimum atomic E-state index is -0.145. The molecule has 0 saturated heterocycles. The highest BCUT2D eigenvalue weighted by atomic mass is 127. The molecule has 4 nitrogen and oxygen atoms in total. The Morgan fingerprint density at radius 2 is 1.96 bits per heavy atom. The zero-order valence-corrected chi connectivity index (χ0v) is 18.4. The van der Waals surface area contributed by atoms with Crippen molar-refractivity contribution in [3.8, 4) is 0 Å². The van der Waals surface area contributed by atoms with Gasteiger partial charge in [0, 0.05) is 33.4 Å². The molecular formula is C20H33FIN3O. The molecule has 0 bridgehead atoms. The Balaban J connectivity index is 0.00000338. The van der Waals surface area contributed by atoms with Gasteiger partial charge >= 0.3 is 0 Å². The lowest BCUT2D eigenvalue weighted by Gasteiger charge is -2.30. The van der Waals surface area contributed by atoms with E-state index in [1.165, 1.54) is 31.7 Å². The molecular weight excluding hydrogens is 444 g/mol. The van der Waals surface area contributed by atoms with E-state index < -0.39 is 0 Å². The zero-order chi connectivity index (χ0) is 18.0. The number of ether oxygens (including phenoxy) is 1. The van der Waals surface area contributed by atoms with Gasteiger partial charge in [-0.2, -0.15) is 0 Å². The molecule has 0 atom stereocenters. The molecule has 1 aliphatic rings. The lowest BCUT2D eigenvalue weighted by atomic mass is 9.83. The van der Waals surface area contributed by atoms with Crippen LogP contribution in [0.3, 0.4) is 0 Å². The minimum absolute atomic E-state index is 0. The Morgan fingerprint density at radius 1 is 1.23 bits per heavy atom. The van der Waals surface area contributed by atoms with Crippen LogP contribution in [-0.4, -0.2) is 39.3 Å². The van der Waals surface area contributed by atoms with Crippen LogP contribution in [0.2, 0.25) is 0 Å². The van der Waals surface area contributed by atoms with Gasteiger partial charge in [0.2, 0.25) is 0 Å².